The number of hydrogen-bond donors (Lipinski definition) is 1. The predicted molar refractivity (Wildman–Crippen MR) is 56.8 cm³/mol. The SMILES string of the molecule is Cc1ccc(C(=O)O)c(OCc2ncno2)c1. The molecule has 0 atom stereocenters. The van der Waals surface area contributed by atoms with Gasteiger partial charge in [0.05, 0.1) is 0 Å². The van der Waals surface area contributed by atoms with Crippen molar-refractivity contribution in [1.29, 1.82) is 0 Å². The number of aromatic nitrogens is 2. The van der Waals surface area contributed by atoms with E-state index in [9.17, 15) is 4.79 Å². The van der Waals surface area contributed by atoms with Crippen molar-refractivity contribution < 1.29 is 19.2 Å². The van der Waals surface area contributed by atoms with Crippen LogP contribution < -0.4 is 4.74 Å². The molecule has 6 nitrogen and oxygen atoms in total. The maximum atomic E-state index is 11.0. The lowest BCUT2D eigenvalue weighted by molar-refractivity contribution is 0.0691. The number of rotatable bonds is 4. The van der Waals surface area contributed by atoms with E-state index in [0.29, 0.717) is 5.89 Å². The van der Waals surface area contributed by atoms with Crippen molar-refractivity contribution >= 4 is 5.97 Å². The summed E-state index contributed by atoms with van der Waals surface area (Å²) in [6, 6.07) is 4.86. The molecule has 0 radical (unpaired) electrons. The lowest BCUT2D eigenvalue weighted by atomic mass is 10.1. The Morgan fingerprint density at radius 2 is 2.35 bits per heavy atom. The van der Waals surface area contributed by atoms with Crippen LogP contribution in [-0.2, 0) is 6.61 Å². The van der Waals surface area contributed by atoms with E-state index < -0.39 is 5.97 Å². The zero-order chi connectivity index (χ0) is 12.3. The van der Waals surface area contributed by atoms with Crippen molar-refractivity contribution in [3.8, 4) is 5.75 Å². The molecule has 0 aliphatic rings. The molecular weight excluding hydrogens is 224 g/mol. The average molecular weight is 234 g/mol. The van der Waals surface area contributed by atoms with E-state index in [4.69, 9.17) is 14.4 Å². The number of ether oxygens (including phenoxy) is 1. The van der Waals surface area contributed by atoms with Gasteiger partial charge in [-0.2, -0.15) is 4.98 Å². The number of aryl methyl sites for hydroxylation is 1. The minimum Gasteiger partial charge on any atom is -0.483 e. The first-order valence-corrected chi connectivity index (χ1v) is 4.89. The van der Waals surface area contributed by atoms with Crippen LogP contribution in [-0.4, -0.2) is 21.2 Å². The fourth-order valence-electron chi connectivity index (χ4n) is 1.32. The maximum absolute atomic E-state index is 11.0. The van der Waals surface area contributed by atoms with Crippen LogP contribution in [0.5, 0.6) is 5.75 Å². The van der Waals surface area contributed by atoms with Gasteiger partial charge in [0.15, 0.2) is 12.9 Å². The second-order valence-electron chi connectivity index (χ2n) is 3.43. The molecule has 0 saturated heterocycles. The molecule has 2 aromatic rings. The third-order valence-electron chi connectivity index (χ3n) is 2.13. The number of aromatic carboxylic acids is 1. The lowest BCUT2D eigenvalue weighted by Crippen LogP contribution is -2.03. The van der Waals surface area contributed by atoms with E-state index in [1.54, 1.807) is 12.1 Å². The highest BCUT2D eigenvalue weighted by Crippen LogP contribution is 2.21. The smallest absolute Gasteiger partial charge is 0.339 e. The number of carboxylic acids is 1. The minimum absolute atomic E-state index is 0.0454. The van der Waals surface area contributed by atoms with Crippen LogP contribution in [0, 0.1) is 6.92 Å². The van der Waals surface area contributed by atoms with Gasteiger partial charge < -0.3 is 14.4 Å². The molecular formula is C11H10N2O4. The molecule has 88 valence electrons. The standard InChI is InChI=1S/C11H10N2O4/c1-7-2-3-8(11(14)15)9(4-7)16-5-10-12-6-13-17-10/h2-4,6H,5H2,1H3,(H,14,15). The van der Waals surface area contributed by atoms with Crippen LogP contribution >= 0.6 is 0 Å². The molecule has 0 aliphatic carbocycles. The van der Waals surface area contributed by atoms with Crippen LogP contribution in [0.1, 0.15) is 21.8 Å². The Morgan fingerprint density at radius 3 is 3.00 bits per heavy atom. The molecule has 1 heterocycles. The third kappa shape index (κ3) is 2.60. The molecule has 0 spiro atoms. The lowest BCUT2D eigenvalue weighted by Gasteiger charge is -2.07. The number of carboxylic acid groups (broad SMARTS) is 1. The molecule has 6 heteroatoms. The first-order chi connectivity index (χ1) is 8.16. The van der Waals surface area contributed by atoms with Crippen LogP contribution in [0.15, 0.2) is 29.0 Å². The molecule has 1 aromatic heterocycles. The first kappa shape index (κ1) is 11.1. The summed E-state index contributed by atoms with van der Waals surface area (Å²) >= 11 is 0. The van der Waals surface area contributed by atoms with Crippen LogP contribution in [0.25, 0.3) is 0 Å². The Kier molecular flexibility index (Phi) is 3.04. The summed E-state index contributed by atoms with van der Waals surface area (Å²) < 4.78 is 10.1. The van der Waals surface area contributed by atoms with Crippen molar-refractivity contribution in [2.24, 2.45) is 0 Å². The van der Waals surface area contributed by atoms with Gasteiger partial charge in [-0.15, -0.1) is 0 Å². The van der Waals surface area contributed by atoms with Crippen LogP contribution in [0.3, 0.4) is 0 Å². The molecule has 17 heavy (non-hydrogen) atoms. The largest absolute Gasteiger partial charge is 0.483 e. The fourth-order valence-corrected chi connectivity index (χ4v) is 1.32. The van der Waals surface area contributed by atoms with Gasteiger partial charge in [-0.25, -0.2) is 4.79 Å². The molecule has 0 aliphatic heterocycles. The summed E-state index contributed by atoms with van der Waals surface area (Å²) in [7, 11) is 0. The van der Waals surface area contributed by atoms with Gasteiger partial charge in [-0.3, -0.25) is 0 Å². The third-order valence-corrected chi connectivity index (χ3v) is 2.13. The monoisotopic (exact) mass is 234 g/mol. The van der Waals surface area contributed by atoms with E-state index in [1.165, 1.54) is 12.4 Å². The van der Waals surface area contributed by atoms with Gasteiger partial charge in [0.25, 0.3) is 5.89 Å². The normalized spacial score (nSPS) is 10.2. The topological polar surface area (TPSA) is 85.5 Å². The maximum Gasteiger partial charge on any atom is 0.339 e. The molecule has 0 unspecified atom stereocenters. The van der Waals surface area contributed by atoms with Crippen molar-refractivity contribution in [3.63, 3.8) is 0 Å². The van der Waals surface area contributed by atoms with Crippen LogP contribution in [0.4, 0.5) is 0 Å². The summed E-state index contributed by atoms with van der Waals surface area (Å²) in [5, 5.41) is 12.4. The Morgan fingerprint density at radius 1 is 1.53 bits per heavy atom. The van der Waals surface area contributed by atoms with Gasteiger partial charge in [0.2, 0.25) is 0 Å². The number of hydrogen-bond acceptors (Lipinski definition) is 5. The quantitative estimate of drug-likeness (QED) is 0.865. The van der Waals surface area contributed by atoms with E-state index in [0.717, 1.165) is 5.56 Å². The van der Waals surface area contributed by atoms with Gasteiger partial charge in [-0.1, -0.05) is 11.2 Å². The summed E-state index contributed by atoms with van der Waals surface area (Å²) in [6.45, 7) is 1.90. The molecule has 0 amide bonds. The Labute approximate surface area is 96.8 Å². The molecule has 0 bridgehead atoms. The Balaban J connectivity index is 2.19. The average Bonchev–Trinajstić information content (AvgIpc) is 2.78. The highest BCUT2D eigenvalue weighted by Gasteiger charge is 2.12. The van der Waals surface area contributed by atoms with Gasteiger partial charge in [0.1, 0.15) is 11.3 Å². The summed E-state index contributed by atoms with van der Waals surface area (Å²) in [5.41, 5.74) is 1.02. The summed E-state index contributed by atoms with van der Waals surface area (Å²) in [6.07, 6.45) is 1.26. The second kappa shape index (κ2) is 4.65. The van der Waals surface area contributed by atoms with E-state index in [2.05, 4.69) is 10.1 Å². The zero-order valence-corrected chi connectivity index (χ0v) is 9.08. The highest BCUT2D eigenvalue weighted by molar-refractivity contribution is 5.90. The van der Waals surface area contributed by atoms with Crippen molar-refractivity contribution in [1.82, 2.24) is 10.1 Å². The number of nitrogens with zero attached hydrogens (tertiary/aromatic N) is 2. The predicted octanol–water partition coefficient (Wildman–Crippen LogP) is 1.66. The van der Waals surface area contributed by atoms with Crippen molar-refractivity contribution in [3.05, 3.63) is 41.5 Å². The fraction of sp³-hybridized carbons (Fsp3) is 0.182. The number of benzene rings is 1. The Bertz CT molecular complexity index is 522. The van der Waals surface area contributed by atoms with Crippen molar-refractivity contribution in [2.45, 2.75) is 13.5 Å². The van der Waals surface area contributed by atoms with E-state index >= 15 is 0 Å². The van der Waals surface area contributed by atoms with Gasteiger partial charge in [-0.05, 0) is 24.6 Å². The highest BCUT2D eigenvalue weighted by atomic mass is 16.5. The second-order valence-corrected chi connectivity index (χ2v) is 3.43. The molecule has 0 fully saturated rings. The minimum atomic E-state index is -1.04. The van der Waals surface area contributed by atoms with E-state index in [-0.39, 0.29) is 17.9 Å². The molecule has 0 saturated carbocycles. The van der Waals surface area contributed by atoms with Crippen LogP contribution in [0.2, 0.25) is 0 Å². The van der Waals surface area contributed by atoms with Crippen molar-refractivity contribution in [2.75, 3.05) is 0 Å². The zero-order valence-electron chi connectivity index (χ0n) is 9.08. The summed E-state index contributed by atoms with van der Waals surface area (Å²) in [4.78, 5) is 14.7. The molecule has 1 aromatic carbocycles. The number of carbonyl (C=O) groups is 1. The van der Waals surface area contributed by atoms with Gasteiger partial charge >= 0.3 is 5.97 Å². The van der Waals surface area contributed by atoms with Gasteiger partial charge in [0, 0.05) is 0 Å². The first-order valence-electron chi connectivity index (χ1n) is 4.89. The summed E-state index contributed by atoms with van der Waals surface area (Å²) in [5.74, 6) is -0.455. The Hall–Kier alpha value is -2.37. The molecule has 1 N–H and O–H groups in total. The molecule has 2 rings (SSSR count). The van der Waals surface area contributed by atoms with E-state index in [1.807, 2.05) is 6.92 Å².